The first-order valence-corrected chi connectivity index (χ1v) is 8.13. The summed E-state index contributed by atoms with van der Waals surface area (Å²) in [5.74, 6) is 0.614. The lowest BCUT2D eigenvalue weighted by molar-refractivity contribution is 0.237. The van der Waals surface area contributed by atoms with E-state index in [2.05, 4.69) is 71.2 Å². The lowest BCUT2D eigenvalue weighted by atomic mass is 9.86. The Morgan fingerprint density at radius 1 is 1.25 bits per heavy atom. The molecular weight excluding hydrogens is 304 g/mol. The molecule has 1 aromatic heterocycles. The summed E-state index contributed by atoms with van der Waals surface area (Å²) in [6, 6.07) is 8.06. The van der Waals surface area contributed by atoms with E-state index in [4.69, 9.17) is 0 Å². The van der Waals surface area contributed by atoms with Gasteiger partial charge in [-0.15, -0.1) is 5.10 Å². The van der Waals surface area contributed by atoms with Crippen molar-refractivity contribution in [2.75, 3.05) is 6.54 Å². The number of rotatable bonds is 5. The molecule has 1 heterocycles. The lowest BCUT2D eigenvalue weighted by Gasteiger charge is -2.19. The van der Waals surface area contributed by atoms with Crippen molar-refractivity contribution < 1.29 is 4.79 Å². The molecule has 2 amide bonds. The second kappa shape index (κ2) is 7.42. The maximum Gasteiger partial charge on any atom is 0.315 e. The third-order valence-corrected chi connectivity index (χ3v) is 3.91. The van der Waals surface area contributed by atoms with Crippen LogP contribution in [0.5, 0.6) is 0 Å². The van der Waals surface area contributed by atoms with Crippen LogP contribution in [0, 0.1) is 0 Å². The van der Waals surface area contributed by atoms with Gasteiger partial charge in [-0.3, -0.25) is 0 Å². The zero-order valence-electron chi connectivity index (χ0n) is 15.0. The number of urea groups is 1. The first-order chi connectivity index (χ1) is 11.3. The molecule has 2 aromatic rings. The van der Waals surface area contributed by atoms with Gasteiger partial charge in [0.25, 0.3) is 0 Å². The largest absolute Gasteiger partial charge is 0.338 e. The number of nitrogens with zero attached hydrogens (tertiary/aromatic N) is 4. The van der Waals surface area contributed by atoms with E-state index in [0.29, 0.717) is 12.4 Å². The number of nitrogens with one attached hydrogen (secondary N) is 2. The van der Waals surface area contributed by atoms with Crippen molar-refractivity contribution in [2.45, 2.75) is 45.6 Å². The van der Waals surface area contributed by atoms with E-state index >= 15 is 0 Å². The van der Waals surface area contributed by atoms with Gasteiger partial charge < -0.3 is 10.6 Å². The van der Waals surface area contributed by atoms with E-state index in [1.165, 1.54) is 11.1 Å². The molecule has 130 valence electrons. The van der Waals surface area contributed by atoms with Crippen LogP contribution in [0.15, 0.2) is 24.3 Å². The second-order valence-corrected chi connectivity index (χ2v) is 6.98. The molecule has 0 aliphatic heterocycles. The third kappa shape index (κ3) is 4.78. The summed E-state index contributed by atoms with van der Waals surface area (Å²) >= 11 is 0. The van der Waals surface area contributed by atoms with E-state index < -0.39 is 0 Å². The number of carbonyl (C=O) groups is 1. The van der Waals surface area contributed by atoms with Crippen LogP contribution in [-0.2, 0) is 18.9 Å². The van der Waals surface area contributed by atoms with Gasteiger partial charge in [0.1, 0.15) is 0 Å². The molecule has 0 unspecified atom stereocenters. The number of benzene rings is 1. The zero-order chi connectivity index (χ0) is 17.7. The van der Waals surface area contributed by atoms with Crippen molar-refractivity contribution in [3.05, 3.63) is 41.2 Å². The van der Waals surface area contributed by atoms with E-state index in [9.17, 15) is 4.79 Å². The quantitative estimate of drug-likeness (QED) is 0.879. The van der Waals surface area contributed by atoms with Gasteiger partial charge in [0, 0.05) is 13.6 Å². The highest BCUT2D eigenvalue weighted by Crippen LogP contribution is 2.22. The van der Waals surface area contributed by atoms with Gasteiger partial charge in [-0.25, -0.2) is 9.48 Å². The smallest absolute Gasteiger partial charge is 0.315 e. The predicted molar refractivity (Wildman–Crippen MR) is 92.6 cm³/mol. The minimum atomic E-state index is -0.254. The van der Waals surface area contributed by atoms with E-state index in [-0.39, 0.29) is 17.5 Å². The second-order valence-electron chi connectivity index (χ2n) is 6.98. The molecule has 0 aliphatic carbocycles. The fourth-order valence-corrected chi connectivity index (χ4v) is 2.41. The first-order valence-electron chi connectivity index (χ1n) is 8.13. The summed E-state index contributed by atoms with van der Waals surface area (Å²) in [5, 5.41) is 16.9. The molecule has 0 radical (unpaired) electrons. The van der Waals surface area contributed by atoms with Crippen LogP contribution < -0.4 is 10.6 Å². The van der Waals surface area contributed by atoms with Crippen molar-refractivity contribution in [3.8, 4) is 0 Å². The molecule has 2 rings (SSSR count). The predicted octanol–water partition coefficient (Wildman–Crippen LogP) is 2.11. The minimum absolute atomic E-state index is 0.154. The number of aryl methyl sites for hydroxylation is 1. The van der Waals surface area contributed by atoms with E-state index in [1.54, 1.807) is 11.7 Å². The highest BCUT2D eigenvalue weighted by Gasteiger charge is 2.15. The summed E-state index contributed by atoms with van der Waals surface area (Å²) in [7, 11) is 1.74. The number of tetrazole rings is 1. The fourth-order valence-electron chi connectivity index (χ4n) is 2.41. The number of aromatic nitrogens is 4. The minimum Gasteiger partial charge on any atom is -0.338 e. The van der Waals surface area contributed by atoms with Crippen LogP contribution in [0.25, 0.3) is 0 Å². The summed E-state index contributed by atoms with van der Waals surface area (Å²) < 4.78 is 1.54. The topological polar surface area (TPSA) is 84.7 Å². The summed E-state index contributed by atoms with van der Waals surface area (Å²) in [6.07, 6.45) is 0.789. The molecule has 7 heteroatoms. The Morgan fingerprint density at radius 2 is 1.92 bits per heavy atom. The van der Waals surface area contributed by atoms with Gasteiger partial charge in [-0.1, -0.05) is 45.0 Å². The van der Waals surface area contributed by atoms with Crippen LogP contribution in [0.3, 0.4) is 0 Å². The summed E-state index contributed by atoms with van der Waals surface area (Å²) in [5.41, 5.74) is 2.67. The first kappa shape index (κ1) is 17.9. The van der Waals surface area contributed by atoms with Crippen LogP contribution in [0.4, 0.5) is 4.79 Å². The molecule has 0 aliphatic rings. The highest BCUT2D eigenvalue weighted by molar-refractivity contribution is 5.74. The number of hydrogen-bond donors (Lipinski definition) is 2. The molecule has 0 bridgehead atoms. The Morgan fingerprint density at radius 3 is 2.46 bits per heavy atom. The molecular formula is C17H26N6O. The van der Waals surface area contributed by atoms with Crippen molar-refractivity contribution >= 4 is 6.03 Å². The highest BCUT2D eigenvalue weighted by atomic mass is 16.2. The van der Waals surface area contributed by atoms with E-state index in [1.807, 2.05) is 6.92 Å². The lowest BCUT2D eigenvalue weighted by Crippen LogP contribution is -2.38. The molecule has 0 saturated carbocycles. The maximum absolute atomic E-state index is 11.9. The standard InChI is InChI=1S/C17H26N6O/c1-12(15-20-21-22-23(15)5)19-16(24)18-11-10-13-6-8-14(9-7-13)17(2,3)4/h6-9,12H,10-11H2,1-5H3,(H2,18,19,24)/t12-/m1/s1. The van der Waals surface area contributed by atoms with Crippen molar-refractivity contribution in [3.63, 3.8) is 0 Å². The molecule has 0 fully saturated rings. The Labute approximate surface area is 142 Å². The SMILES string of the molecule is C[C@@H](NC(=O)NCCc1ccc(C(C)(C)C)cc1)c1nnnn1C. The van der Waals surface area contributed by atoms with Crippen LogP contribution in [0.1, 0.15) is 50.7 Å². The Balaban J connectivity index is 1.77. The maximum atomic E-state index is 11.9. The van der Waals surface area contributed by atoms with Gasteiger partial charge in [0.05, 0.1) is 6.04 Å². The Kier molecular flexibility index (Phi) is 5.54. The number of carbonyl (C=O) groups excluding carboxylic acids is 1. The van der Waals surface area contributed by atoms with Crippen molar-refractivity contribution in [1.82, 2.24) is 30.8 Å². The van der Waals surface area contributed by atoms with Crippen LogP contribution in [0.2, 0.25) is 0 Å². The molecule has 0 saturated heterocycles. The molecule has 2 N–H and O–H groups in total. The zero-order valence-corrected chi connectivity index (χ0v) is 15.0. The van der Waals surface area contributed by atoms with Gasteiger partial charge >= 0.3 is 6.03 Å². The van der Waals surface area contributed by atoms with Crippen LogP contribution >= 0.6 is 0 Å². The third-order valence-electron chi connectivity index (χ3n) is 3.91. The monoisotopic (exact) mass is 330 g/mol. The average molecular weight is 330 g/mol. The normalized spacial score (nSPS) is 12.7. The molecule has 1 aromatic carbocycles. The Hall–Kier alpha value is -2.44. The van der Waals surface area contributed by atoms with Crippen molar-refractivity contribution in [2.24, 2.45) is 7.05 Å². The average Bonchev–Trinajstić information content (AvgIpc) is 2.93. The number of hydrogen-bond acceptors (Lipinski definition) is 4. The van der Waals surface area contributed by atoms with E-state index in [0.717, 1.165) is 6.42 Å². The molecule has 24 heavy (non-hydrogen) atoms. The van der Waals surface area contributed by atoms with Crippen molar-refractivity contribution in [1.29, 1.82) is 0 Å². The summed E-state index contributed by atoms with van der Waals surface area (Å²) in [6.45, 7) is 9.01. The van der Waals surface area contributed by atoms with Gasteiger partial charge in [0.2, 0.25) is 0 Å². The Bertz CT molecular complexity index is 671. The number of amides is 2. The molecule has 0 spiro atoms. The molecule has 1 atom stereocenters. The fraction of sp³-hybridized carbons (Fsp3) is 0.529. The molecule has 7 nitrogen and oxygen atoms in total. The van der Waals surface area contributed by atoms with Gasteiger partial charge in [-0.05, 0) is 40.3 Å². The van der Waals surface area contributed by atoms with Crippen LogP contribution in [-0.4, -0.2) is 32.8 Å². The van der Waals surface area contributed by atoms with Gasteiger partial charge in [0.15, 0.2) is 5.82 Å². The summed E-state index contributed by atoms with van der Waals surface area (Å²) in [4.78, 5) is 11.9. The van der Waals surface area contributed by atoms with Gasteiger partial charge in [-0.2, -0.15) is 0 Å².